The van der Waals surface area contributed by atoms with E-state index in [0.29, 0.717) is 30.1 Å². The van der Waals surface area contributed by atoms with E-state index in [1.54, 1.807) is 18.5 Å². The van der Waals surface area contributed by atoms with Crippen LogP contribution in [0.3, 0.4) is 0 Å². The first kappa shape index (κ1) is 32.8. The van der Waals surface area contributed by atoms with Crippen molar-refractivity contribution in [3.63, 3.8) is 0 Å². The zero-order valence-electron chi connectivity index (χ0n) is 26.7. The number of aliphatic carboxylic acids is 1. The zero-order chi connectivity index (χ0) is 32.8. The molecule has 8 nitrogen and oxygen atoms in total. The molecule has 0 radical (unpaired) electrons. The molecule has 0 bridgehead atoms. The van der Waals surface area contributed by atoms with Crippen molar-refractivity contribution >= 4 is 41.3 Å². The highest BCUT2D eigenvalue weighted by atomic mass is 32.1. The number of thiophene rings is 1. The molecule has 2 aromatic heterocycles. The number of carbonyl (C=O) groups is 3. The van der Waals surface area contributed by atoms with Gasteiger partial charge >= 0.3 is 5.97 Å². The molecule has 4 aromatic rings. The number of hydrogen-bond donors (Lipinski definition) is 2. The van der Waals surface area contributed by atoms with Gasteiger partial charge in [0.25, 0.3) is 5.91 Å². The summed E-state index contributed by atoms with van der Waals surface area (Å²) in [6, 6.07) is 17.9. The molecule has 46 heavy (non-hydrogen) atoms. The molecular formula is C37H40N4O4S. The van der Waals surface area contributed by atoms with Crippen molar-refractivity contribution in [2.45, 2.75) is 70.9 Å². The Morgan fingerprint density at radius 3 is 2.22 bits per heavy atom. The number of nitrogens with one attached hydrogen (secondary N) is 1. The predicted molar refractivity (Wildman–Crippen MR) is 183 cm³/mol. The van der Waals surface area contributed by atoms with Crippen molar-refractivity contribution < 1.29 is 19.5 Å². The Hall–Kier alpha value is -4.63. The summed E-state index contributed by atoms with van der Waals surface area (Å²) in [4.78, 5) is 51.0. The molecule has 1 aliphatic heterocycles. The van der Waals surface area contributed by atoms with E-state index >= 15 is 0 Å². The molecule has 2 N–H and O–H groups in total. The van der Waals surface area contributed by atoms with Crippen molar-refractivity contribution in [2.75, 3.05) is 6.54 Å². The largest absolute Gasteiger partial charge is 0.480 e. The van der Waals surface area contributed by atoms with Crippen LogP contribution in [0.1, 0.15) is 77.3 Å². The van der Waals surface area contributed by atoms with Gasteiger partial charge in [-0.3, -0.25) is 9.59 Å². The molecule has 0 spiro atoms. The van der Waals surface area contributed by atoms with Crippen LogP contribution in [0.25, 0.3) is 23.5 Å². The van der Waals surface area contributed by atoms with E-state index in [1.807, 2.05) is 42.5 Å². The van der Waals surface area contributed by atoms with Gasteiger partial charge in [0, 0.05) is 41.4 Å². The Labute approximate surface area is 274 Å². The van der Waals surface area contributed by atoms with Crippen LogP contribution in [-0.4, -0.2) is 56.4 Å². The Bertz CT molecular complexity index is 1700. The lowest BCUT2D eigenvalue weighted by atomic mass is 9.95. The molecule has 3 heterocycles. The summed E-state index contributed by atoms with van der Waals surface area (Å²) in [5.74, 6) is -1.18. The summed E-state index contributed by atoms with van der Waals surface area (Å²) in [6.07, 6.45) is 9.81. The minimum absolute atomic E-state index is 0.105. The maximum Gasteiger partial charge on any atom is 0.326 e. The number of carbonyl (C=O) groups excluding carboxylic acids is 2. The van der Waals surface area contributed by atoms with Gasteiger partial charge in [0.05, 0.1) is 4.88 Å². The van der Waals surface area contributed by atoms with Gasteiger partial charge in [-0.15, -0.1) is 11.3 Å². The van der Waals surface area contributed by atoms with Gasteiger partial charge in [0.1, 0.15) is 12.1 Å². The van der Waals surface area contributed by atoms with Crippen molar-refractivity contribution in [1.82, 2.24) is 20.2 Å². The fourth-order valence-electron chi connectivity index (χ4n) is 5.44. The summed E-state index contributed by atoms with van der Waals surface area (Å²) in [5, 5.41) is 12.6. The van der Waals surface area contributed by atoms with Gasteiger partial charge in [-0.25, -0.2) is 14.8 Å². The van der Waals surface area contributed by atoms with Crippen LogP contribution in [0.2, 0.25) is 0 Å². The lowest BCUT2D eigenvalue weighted by molar-refractivity contribution is -0.148. The maximum absolute atomic E-state index is 13.7. The van der Waals surface area contributed by atoms with E-state index in [0.717, 1.165) is 33.6 Å². The van der Waals surface area contributed by atoms with Crippen LogP contribution >= 0.6 is 11.3 Å². The molecule has 0 aliphatic carbocycles. The lowest BCUT2D eigenvalue weighted by Gasteiger charge is -2.27. The number of rotatable bonds is 10. The van der Waals surface area contributed by atoms with Gasteiger partial charge in [0.15, 0.2) is 5.82 Å². The second kappa shape index (κ2) is 14.2. The van der Waals surface area contributed by atoms with Crippen LogP contribution in [-0.2, 0) is 27.8 Å². The van der Waals surface area contributed by atoms with Gasteiger partial charge in [-0.1, -0.05) is 88.4 Å². The number of aromatic nitrogens is 2. The SMILES string of the molecule is CCc1ccc(/C=C/c2cnc(-c3ccc(C[C@H](NC(=O)c4ccc(C(C)(C)C)s4)C(=O)N4CCC[C@H]4C(=O)O)cc3)nc2)cc1. The highest BCUT2D eigenvalue weighted by molar-refractivity contribution is 7.14. The monoisotopic (exact) mass is 636 g/mol. The maximum atomic E-state index is 13.7. The molecule has 2 atom stereocenters. The quantitative estimate of drug-likeness (QED) is 0.202. The number of nitrogens with zero attached hydrogens (tertiary/aromatic N) is 3. The number of hydrogen-bond acceptors (Lipinski definition) is 6. The summed E-state index contributed by atoms with van der Waals surface area (Å²) in [7, 11) is 0. The number of amides is 2. The minimum atomic E-state index is -1.03. The summed E-state index contributed by atoms with van der Waals surface area (Å²) >= 11 is 1.40. The number of aryl methyl sites for hydroxylation is 1. The lowest BCUT2D eigenvalue weighted by Crippen LogP contribution is -2.52. The van der Waals surface area contributed by atoms with Crippen LogP contribution < -0.4 is 5.32 Å². The second-order valence-corrected chi connectivity index (χ2v) is 13.7. The van der Waals surface area contributed by atoms with Gasteiger partial charge < -0.3 is 15.3 Å². The molecule has 1 aliphatic rings. The van der Waals surface area contributed by atoms with E-state index in [4.69, 9.17) is 0 Å². The molecule has 238 valence electrons. The third-order valence-corrected chi connectivity index (χ3v) is 9.68. The van der Waals surface area contributed by atoms with E-state index in [-0.39, 0.29) is 23.7 Å². The molecule has 2 aromatic carbocycles. The van der Waals surface area contributed by atoms with Crippen molar-refractivity contribution in [1.29, 1.82) is 0 Å². The first-order chi connectivity index (χ1) is 22.0. The zero-order valence-corrected chi connectivity index (χ0v) is 27.5. The Morgan fingerprint density at radius 1 is 0.957 bits per heavy atom. The topological polar surface area (TPSA) is 112 Å². The fraction of sp³-hybridized carbons (Fsp3) is 0.324. The number of carboxylic acids is 1. The molecule has 1 saturated heterocycles. The van der Waals surface area contributed by atoms with Crippen LogP contribution in [0.4, 0.5) is 0 Å². The average molecular weight is 637 g/mol. The Balaban J connectivity index is 1.30. The summed E-state index contributed by atoms with van der Waals surface area (Å²) < 4.78 is 0. The second-order valence-electron chi connectivity index (χ2n) is 12.6. The van der Waals surface area contributed by atoms with Crippen molar-refractivity contribution in [3.8, 4) is 11.4 Å². The van der Waals surface area contributed by atoms with Crippen LogP contribution in [0.5, 0.6) is 0 Å². The number of benzene rings is 2. The number of carboxylic acid groups (broad SMARTS) is 1. The first-order valence-electron chi connectivity index (χ1n) is 15.6. The third-order valence-electron chi connectivity index (χ3n) is 8.17. The molecule has 1 fully saturated rings. The molecule has 0 unspecified atom stereocenters. The van der Waals surface area contributed by atoms with Gasteiger partial charge in [-0.2, -0.15) is 0 Å². The highest BCUT2D eigenvalue weighted by Gasteiger charge is 2.38. The number of likely N-dealkylation sites (tertiary alicyclic amines) is 1. The van der Waals surface area contributed by atoms with E-state index in [1.165, 1.54) is 21.8 Å². The van der Waals surface area contributed by atoms with Crippen LogP contribution in [0, 0.1) is 0 Å². The first-order valence-corrected chi connectivity index (χ1v) is 16.5. The summed E-state index contributed by atoms with van der Waals surface area (Å²) in [6.45, 7) is 8.74. The van der Waals surface area contributed by atoms with E-state index in [2.05, 4.69) is 67.2 Å². The summed E-state index contributed by atoms with van der Waals surface area (Å²) in [5.41, 5.74) is 4.83. The van der Waals surface area contributed by atoms with Gasteiger partial charge in [-0.05, 0) is 53.5 Å². The molecule has 5 rings (SSSR count). The van der Waals surface area contributed by atoms with Crippen molar-refractivity contribution in [3.05, 3.63) is 105 Å². The molecular weight excluding hydrogens is 596 g/mol. The standard InChI is InChI=1S/C37H40N4O4S/c1-5-24-8-10-25(11-9-24)12-13-27-22-38-33(39-23-27)28-16-14-26(15-17-28)21-29(35(43)41-20-6-7-30(41)36(44)45)40-34(42)31-18-19-32(46-31)37(2,3)4/h8-19,22-23,29-30H,5-7,20-21H2,1-4H3,(H,40,42)(H,44,45)/b13-12+/t29-,30-/m0/s1. The Kier molecular flexibility index (Phi) is 10.1. The normalized spacial score (nSPS) is 15.7. The van der Waals surface area contributed by atoms with Crippen molar-refractivity contribution in [2.24, 2.45) is 0 Å². The fourth-order valence-corrected chi connectivity index (χ4v) is 6.40. The molecule has 9 heteroatoms. The van der Waals surface area contributed by atoms with E-state index in [9.17, 15) is 19.5 Å². The average Bonchev–Trinajstić information content (AvgIpc) is 3.75. The third kappa shape index (κ3) is 7.95. The smallest absolute Gasteiger partial charge is 0.326 e. The molecule has 2 amide bonds. The van der Waals surface area contributed by atoms with Gasteiger partial charge in [0.2, 0.25) is 5.91 Å². The predicted octanol–water partition coefficient (Wildman–Crippen LogP) is 6.65. The minimum Gasteiger partial charge on any atom is -0.480 e. The van der Waals surface area contributed by atoms with E-state index < -0.39 is 18.1 Å². The van der Waals surface area contributed by atoms with Crippen LogP contribution in [0.15, 0.2) is 73.1 Å². The highest BCUT2D eigenvalue weighted by Crippen LogP contribution is 2.30. The Morgan fingerprint density at radius 2 is 1.61 bits per heavy atom. The molecule has 0 saturated carbocycles.